The van der Waals surface area contributed by atoms with Crippen LogP contribution < -0.4 is 10.0 Å². The minimum absolute atomic E-state index is 0.0713. The van der Waals surface area contributed by atoms with Crippen molar-refractivity contribution >= 4 is 10.0 Å². The lowest BCUT2D eigenvalue weighted by Crippen LogP contribution is -2.39. The molecule has 0 saturated heterocycles. The molecule has 1 aromatic heterocycles. The molecule has 0 spiro atoms. The smallest absolute Gasteiger partial charge is 0.211 e. The van der Waals surface area contributed by atoms with E-state index in [2.05, 4.69) is 21.9 Å². The molecule has 0 saturated carbocycles. The lowest BCUT2D eigenvalue weighted by molar-refractivity contribution is 0.523. The van der Waals surface area contributed by atoms with E-state index < -0.39 is 10.0 Å². The minimum Gasteiger partial charge on any atom is -0.309 e. The van der Waals surface area contributed by atoms with Gasteiger partial charge < -0.3 is 5.32 Å². The van der Waals surface area contributed by atoms with Gasteiger partial charge >= 0.3 is 0 Å². The number of hydrogen-bond donors (Lipinski definition) is 2. The third-order valence-electron chi connectivity index (χ3n) is 2.99. The Morgan fingerprint density at radius 1 is 1.37 bits per heavy atom. The van der Waals surface area contributed by atoms with E-state index in [0.717, 1.165) is 11.3 Å². The third kappa shape index (κ3) is 5.67. The van der Waals surface area contributed by atoms with Crippen LogP contribution in [0.5, 0.6) is 0 Å². The van der Waals surface area contributed by atoms with Crippen LogP contribution in [0.3, 0.4) is 0 Å². The Morgan fingerprint density at radius 2 is 2.05 bits per heavy atom. The number of aromatic nitrogens is 1. The maximum atomic E-state index is 11.3. The highest BCUT2D eigenvalue weighted by Gasteiger charge is 2.09. The van der Waals surface area contributed by atoms with E-state index in [-0.39, 0.29) is 11.8 Å². The van der Waals surface area contributed by atoms with E-state index in [0.29, 0.717) is 13.1 Å². The zero-order chi connectivity index (χ0) is 14.5. The summed E-state index contributed by atoms with van der Waals surface area (Å²) in [6.45, 7) is 8.68. The van der Waals surface area contributed by atoms with Gasteiger partial charge in [0.2, 0.25) is 10.0 Å². The molecule has 1 atom stereocenters. The second-order valence-electron chi connectivity index (χ2n) is 4.79. The molecule has 1 rings (SSSR count). The summed E-state index contributed by atoms with van der Waals surface area (Å²) in [6.07, 6.45) is 1.86. The van der Waals surface area contributed by atoms with Crippen molar-refractivity contribution in [3.05, 3.63) is 29.1 Å². The number of nitrogens with one attached hydrogen (secondary N) is 2. The zero-order valence-electron chi connectivity index (χ0n) is 12.0. The Morgan fingerprint density at radius 3 is 2.63 bits per heavy atom. The van der Waals surface area contributed by atoms with Gasteiger partial charge in [-0.1, -0.05) is 0 Å². The summed E-state index contributed by atoms with van der Waals surface area (Å²) in [6, 6.07) is 2.11. The first-order valence-electron chi connectivity index (χ1n) is 6.47. The monoisotopic (exact) mass is 285 g/mol. The SMILES string of the molecule is CCS(=O)(=O)NCC(C)NCc1cnc(C)cc1C. The van der Waals surface area contributed by atoms with E-state index in [4.69, 9.17) is 0 Å². The van der Waals surface area contributed by atoms with Gasteiger partial charge in [0.25, 0.3) is 0 Å². The lowest BCUT2D eigenvalue weighted by atomic mass is 10.1. The molecule has 0 amide bonds. The summed E-state index contributed by atoms with van der Waals surface area (Å²) >= 11 is 0. The number of nitrogens with zero attached hydrogens (tertiary/aromatic N) is 1. The van der Waals surface area contributed by atoms with Crippen molar-refractivity contribution < 1.29 is 8.42 Å². The molecule has 0 aliphatic rings. The normalized spacial score (nSPS) is 13.5. The van der Waals surface area contributed by atoms with Gasteiger partial charge in [-0.3, -0.25) is 4.98 Å². The highest BCUT2D eigenvalue weighted by atomic mass is 32.2. The van der Waals surface area contributed by atoms with Crippen LogP contribution >= 0.6 is 0 Å². The molecule has 0 aliphatic carbocycles. The standard InChI is InChI=1S/C13H23N3O2S/c1-5-19(17,18)16-7-12(4)15-9-13-8-14-11(3)6-10(13)2/h6,8,12,15-16H,5,7,9H2,1-4H3. The summed E-state index contributed by atoms with van der Waals surface area (Å²) in [5.41, 5.74) is 3.34. The highest BCUT2D eigenvalue weighted by Crippen LogP contribution is 2.07. The van der Waals surface area contributed by atoms with Gasteiger partial charge in [0, 0.05) is 31.0 Å². The molecule has 6 heteroatoms. The molecule has 1 unspecified atom stereocenters. The highest BCUT2D eigenvalue weighted by molar-refractivity contribution is 7.89. The molecule has 5 nitrogen and oxygen atoms in total. The van der Waals surface area contributed by atoms with Gasteiger partial charge in [0.15, 0.2) is 0 Å². The molecule has 108 valence electrons. The van der Waals surface area contributed by atoms with Crippen molar-refractivity contribution in [2.24, 2.45) is 0 Å². The molecular weight excluding hydrogens is 262 g/mol. The molecule has 0 fully saturated rings. The largest absolute Gasteiger partial charge is 0.309 e. The zero-order valence-corrected chi connectivity index (χ0v) is 12.8. The first kappa shape index (κ1) is 16.1. The minimum atomic E-state index is -3.11. The maximum Gasteiger partial charge on any atom is 0.211 e. The van der Waals surface area contributed by atoms with Gasteiger partial charge in [-0.2, -0.15) is 0 Å². The summed E-state index contributed by atoms with van der Waals surface area (Å²) in [5, 5.41) is 3.29. The Labute approximate surface area is 115 Å². The summed E-state index contributed by atoms with van der Waals surface area (Å²) in [4.78, 5) is 4.26. The molecule has 0 bridgehead atoms. The van der Waals surface area contributed by atoms with E-state index >= 15 is 0 Å². The van der Waals surface area contributed by atoms with Crippen molar-refractivity contribution in [1.29, 1.82) is 0 Å². The Bertz CT molecular complexity index is 515. The number of rotatable bonds is 7. The molecular formula is C13H23N3O2S. The Balaban J connectivity index is 2.44. The van der Waals surface area contributed by atoms with Crippen LogP contribution in [0.15, 0.2) is 12.3 Å². The van der Waals surface area contributed by atoms with Crippen LogP contribution in [0.2, 0.25) is 0 Å². The topological polar surface area (TPSA) is 71.1 Å². The Kier molecular flexibility index (Phi) is 5.90. The number of sulfonamides is 1. The average molecular weight is 285 g/mol. The van der Waals surface area contributed by atoms with Gasteiger partial charge in [0.1, 0.15) is 0 Å². The van der Waals surface area contributed by atoms with Crippen LogP contribution in [0.1, 0.15) is 30.7 Å². The van der Waals surface area contributed by atoms with E-state index in [1.807, 2.05) is 26.1 Å². The van der Waals surface area contributed by atoms with Crippen LogP contribution in [-0.2, 0) is 16.6 Å². The van der Waals surface area contributed by atoms with Gasteiger partial charge in [-0.25, -0.2) is 13.1 Å². The first-order chi connectivity index (χ1) is 8.84. The van der Waals surface area contributed by atoms with Crippen molar-refractivity contribution in [2.45, 2.75) is 40.3 Å². The van der Waals surface area contributed by atoms with Crippen LogP contribution in [0.25, 0.3) is 0 Å². The fourth-order valence-electron chi connectivity index (χ4n) is 1.62. The van der Waals surface area contributed by atoms with Crippen LogP contribution in [0.4, 0.5) is 0 Å². The van der Waals surface area contributed by atoms with Gasteiger partial charge in [-0.05, 0) is 44.9 Å². The second kappa shape index (κ2) is 6.98. The van der Waals surface area contributed by atoms with Gasteiger partial charge in [0.05, 0.1) is 5.75 Å². The number of pyridine rings is 1. The lowest BCUT2D eigenvalue weighted by Gasteiger charge is -2.15. The number of aryl methyl sites for hydroxylation is 2. The Hall–Kier alpha value is -0.980. The fourth-order valence-corrected chi connectivity index (χ4v) is 2.33. The molecule has 0 aliphatic heterocycles. The van der Waals surface area contributed by atoms with Crippen molar-refractivity contribution in [2.75, 3.05) is 12.3 Å². The van der Waals surface area contributed by atoms with Gasteiger partial charge in [-0.15, -0.1) is 0 Å². The molecule has 1 aromatic rings. The van der Waals surface area contributed by atoms with Crippen molar-refractivity contribution in [1.82, 2.24) is 15.0 Å². The van der Waals surface area contributed by atoms with Crippen LogP contribution in [0, 0.1) is 13.8 Å². The molecule has 0 aromatic carbocycles. The maximum absolute atomic E-state index is 11.3. The summed E-state index contributed by atoms with van der Waals surface area (Å²) < 4.78 is 25.2. The fraction of sp³-hybridized carbons (Fsp3) is 0.615. The third-order valence-corrected chi connectivity index (χ3v) is 4.35. The molecule has 0 radical (unpaired) electrons. The average Bonchev–Trinajstić information content (AvgIpc) is 2.35. The van der Waals surface area contributed by atoms with E-state index in [9.17, 15) is 8.42 Å². The first-order valence-corrected chi connectivity index (χ1v) is 8.12. The predicted octanol–water partition coefficient (Wildman–Crippen LogP) is 1.12. The predicted molar refractivity (Wildman–Crippen MR) is 77.5 cm³/mol. The molecule has 1 heterocycles. The van der Waals surface area contributed by atoms with Crippen molar-refractivity contribution in [3.8, 4) is 0 Å². The van der Waals surface area contributed by atoms with Crippen LogP contribution in [-0.4, -0.2) is 31.7 Å². The second-order valence-corrected chi connectivity index (χ2v) is 6.88. The quantitative estimate of drug-likeness (QED) is 0.787. The van der Waals surface area contributed by atoms with E-state index in [1.54, 1.807) is 6.92 Å². The summed E-state index contributed by atoms with van der Waals surface area (Å²) in [7, 11) is -3.11. The number of hydrogen-bond acceptors (Lipinski definition) is 4. The van der Waals surface area contributed by atoms with Crippen molar-refractivity contribution in [3.63, 3.8) is 0 Å². The molecule has 2 N–H and O–H groups in total. The molecule has 19 heavy (non-hydrogen) atoms. The van der Waals surface area contributed by atoms with E-state index in [1.165, 1.54) is 5.56 Å². The summed E-state index contributed by atoms with van der Waals surface area (Å²) in [5.74, 6) is 0.112.